The summed E-state index contributed by atoms with van der Waals surface area (Å²) in [5.41, 5.74) is 2.33. The second kappa shape index (κ2) is 7.17. The van der Waals surface area contributed by atoms with Crippen LogP contribution in [0.25, 0.3) is 0 Å². The first-order valence-electron chi connectivity index (χ1n) is 11.3. The van der Waals surface area contributed by atoms with Gasteiger partial charge in [-0.1, -0.05) is 55.8 Å². The van der Waals surface area contributed by atoms with Gasteiger partial charge >= 0.3 is 0 Å². The lowest BCUT2D eigenvalue weighted by atomic mass is 9.48. The van der Waals surface area contributed by atoms with Gasteiger partial charge in [-0.15, -0.1) is 11.6 Å². The SMILES string of the molecule is C[C@]12C=CC(=O)C=C1CC[C@@H]1[C@@H]2CC[C@@]2(C)[C@H]1CC[C@]2(Cl)[S@](=O)Cc1ccccc1. The number of allylic oxidation sites excluding steroid dienone is 4. The van der Waals surface area contributed by atoms with E-state index in [4.69, 9.17) is 11.6 Å². The van der Waals surface area contributed by atoms with E-state index in [1.54, 1.807) is 6.08 Å². The van der Waals surface area contributed by atoms with Crippen LogP contribution in [0.2, 0.25) is 0 Å². The van der Waals surface area contributed by atoms with Crippen molar-refractivity contribution < 1.29 is 9.00 Å². The largest absolute Gasteiger partial charge is 0.290 e. The molecule has 0 bridgehead atoms. The summed E-state index contributed by atoms with van der Waals surface area (Å²) in [6.45, 7) is 4.66. The predicted molar refractivity (Wildman–Crippen MR) is 123 cm³/mol. The molecule has 0 aromatic heterocycles. The first-order chi connectivity index (χ1) is 14.3. The quantitative estimate of drug-likeness (QED) is 0.524. The zero-order valence-corrected chi connectivity index (χ0v) is 19.5. The van der Waals surface area contributed by atoms with Crippen LogP contribution in [0.3, 0.4) is 0 Å². The molecule has 1 aromatic carbocycles. The van der Waals surface area contributed by atoms with Crippen LogP contribution in [0.1, 0.15) is 57.9 Å². The van der Waals surface area contributed by atoms with Gasteiger partial charge in [-0.25, -0.2) is 0 Å². The maximum absolute atomic E-state index is 13.6. The normalized spacial score (nSPS) is 43.4. The van der Waals surface area contributed by atoms with Crippen LogP contribution in [0.5, 0.6) is 0 Å². The Morgan fingerprint density at radius 2 is 1.80 bits per heavy atom. The number of halogens is 1. The molecule has 4 aliphatic carbocycles. The van der Waals surface area contributed by atoms with Crippen LogP contribution in [-0.4, -0.2) is 14.2 Å². The van der Waals surface area contributed by atoms with E-state index in [1.165, 1.54) is 5.57 Å². The highest BCUT2D eigenvalue weighted by Gasteiger charge is 2.65. The summed E-state index contributed by atoms with van der Waals surface area (Å²) in [6, 6.07) is 10.1. The second-order valence-electron chi connectivity index (χ2n) is 10.3. The average molecular weight is 443 g/mol. The van der Waals surface area contributed by atoms with E-state index in [0.717, 1.165) is 44.1 Å². The highest BCUT2D eigenvalue weighted by Crippen LogP contribution is 2.69. The van der Waals surface area contributed by atoms with Crippen LogP contribution in [0.15, 0.2) is 54.1 Å². The monoisotopic (exact) mass is 442 g/mol. The molecule has 2 nitrogen and oxygen atoms in total. The number of alkyl halides is 1. The van der Waals surface area contributed by atoms with Crippen molar-refractivity contribution in [2.45, 2.75) is 62.3 Å². The van der Waals surface area contributed by atoms with Gasteiger partial charge in [0, 0.05) is 21.6 Å². The Morgan fingerprint density at radius 1 is 1.07 bits per heavy atom. The van der Waals surface area contributed by atoms with Gasteiger partial charge in [0.05, 0.1) is 5.75 Å². The molecule has 0 spiro atoms. The molecule has 160 valence electrons. The van der Waals surface area contributed by atoms with Crippen LogP contribution < -0.4 is 0 Å². The summed E-state index contributed by atoms with van der Waals surface area (Å²) in [7, 11) is -1.11. The summed E-state index contributed by atoms with van der Waals surface area (Å²) < 4.78 is 13.0. The summed E-state index contributed by atoms with van der Waals surface area (Å²) in [5, 5.41) is 0. The number of hydrogen-bond donors (Lipinski definition) is 0. The number of carbonyl (C=O) groups excluding carboxylic acids is 1. The molecule has 0 aliphatic heterocycles. The molecular weight excluding hydrogens is 412 g/mol. The third-order valence-corrected chi connectivity index (χ3v) is 12.2. The number of hydrogen-bond acceptors (Lipinski definition) is 2. The Hall–Kier alpha value is -1.19. The van der Waals surface area contributed by atoms with Gasteiger partial charge in [0.2, 0.25) is 0 Å². The first-order valence-corrected chi connectivity index (χ1v) is 13.0. The van der Waals surface area contributed by atoms with Crippen molar-refractivity contribution in [2.75, 3.05) is 0 Å². The van der Waals surface area contributed by atoms with E-state index in [9.17, 15) is 9.00 Å². The predicted octanol–water partition coefficient (Wildman–Crippen LogP) is 6.18. The molecular formula is C26H31ClO2S. The Labute approximate surface area is 187 Å². The average Bonchev–Trinajstić information content (AvgIpc) is 3.01. The highest BCUT2D eigenvalue weighted by molar-refractivity contribution is 7.87. The third kappa shape index (κ3) is 2.88. The number of rotatable bonds is 3. The van der Waals surface area contributed by atoms with Crippen molar-refractivity contribution in [3.63, 3.8) is 0 Å². The molecule has 0 saturated heterocycles. The first kappa shape index (κ1) is 20.7. The van der Waals surface area contributed by atoms with Gasteiger partial charge in [0.25, 0.3) is 0 Å². The molecule has 0 heterocycles. The molecule has 4 heteroatoms. The fourth-order valence-corrected chi connectivity index (χ4v) is 9.70. The maximum Gasteiger partial charge on any atom is 0.178 e. The zero-order chi connectivity index (χ0) is 21.1. The highest BCUT2D eigenvalue weighted by atomic mass is 35.5. The van der Waals surface area contributed by atoms with Gasteiger partial charge in [0.15, 0.2) is 5.78 Å². The van der Waals surface area contributed by atoms with Crippen LogP contribution in [-0.2, 0) is 21.3 Å². The minimum absolute atomic E-state index is 0.00108. The van der Waals surface area contributed by atoms with Crippen LogP contribution in [0.4, 0.5) is 0 Å². The van der Waals surface area contributed by atoms with Gasteiger partial charge in [-0.05, 0) is 74.0 Å². The van der Waals surface area contributed by atoms with E-state index < -0.39 is 15.0 Å². The Bertz CT molecular complexity index is 953. The van der Waals surface area contributed by atoms with Crippen molar-refractivity contribution in [1.29, 1.82) is 0 Å². The molecule has 0 unspecified atom stereocenters. The van der Waals surface area contributed by atoms with E-state index in [2.05, 4.69) is 32.1 Å². The molecule has 3 fully saturated rings. The van der Waals surface area contributed by atoms with Crippen molar-refractivity contribution >= 4 is 28.2 Å². The van der Waals surface area contributed by atoms with Crippen molar-refractivity contribution in [3.05, 3.63) is 59.7 Å². The summed E-state index contributed by atoms with van der Waals surface area (Å²) >= 11 is 7.34. The van der Waals surface area contributed by atoms with Crippen molar-refractivity contribution in [1.82, 2.24) is 0 Å². The van der Waals surface area contributed by atoms with Gasteiger partial charge < -0.3 is 0 Å². The lowest BCUT2D eigenvalue weighted by molar-refractivity contribution is -0.111. The molecule has 4 aliphatic rings. The molecule has 7 atom stereocenters. The third-order valence-electron chi connectivity index (χ3n) is 9.08. The number of ketones is 1. The molecule has 1 aromatic rings. The molecule has 3 saturated carbocycles. The Morgan fingerprint density at radius 3 is 2.57 bits per heavy atom. The molecule has 5 rings (SSSR count). The minimum Gasteiger partial charge on any atom is -0.290 e. The molecule has 0 N–H and O–H groups in total. The Balaban J connectivity index is 1.43. The van der Waals surface area contributed by atoms with E-state index >= 15 is 0 Å². The Kier molecular flexibility index (Phi) is 4.95. The number of fused-ring (bicyclic) bond motifs is 5. The van der Waals surface area contributed by atoms with E-state index in [-0.39, 0.29) is 16.6 Å². The maximum atomic E-state index is 13.6. The van der Waals surface area contributed by atoms with Crippen LogP contribution in [0, 0.1) is 28.6 Å². The number of carbonyl (C=O) groups is 1. The fourth-order valence-electron chi connectivity index (χ4n) is 7.35. The zero-order valence-electron chi connectivity index (χ0n) is 17.9. The van der Waals surface area contributed by atoms with E-state index in [1.807, 2.05) is 24.3 Å². The standard InChI is InChI=1S/C26H31ClO2S/c1-24-13-10-20(28)16-19(24)8-9-21-22(24)11-14-25(2)23(21)12-15-26(25,27)30(29)17-18-6-4-3-5-7-18/h3-7,10,13,16,21-23H,8-9,11-12,14-15,17H2,1-2H3/t21-,22+,23+,24+,25+,26+,30-/m1/s1. The second-order valence-corrected chi connectivity index (χ2v) is 12.8. The van der Waals surface area contributed by atoms with Gasteiger partial charge in [-0.3, -0.25) is 9.00 Å². The van der Waals surface area contributed by atoms with E-state index in [0.29, 0.717) is 23.5 Å². The number of benzene rings is 1. The smallest absolute Gasteiger partial charge is 0.178 e. The molecule has 30 heavy (non-hydrogen) atoms. The van der Waals surface area contributed by atoms with Crippen LogP contribution >= 0.6 is 11.6 Å². The lowest BCUT2D eigenvalue weighted by Crippen LogP contribution is -2.53. The fraction of sp³-hybridized carbons (Fsp3) is 0.577. The minimum atomic E-state index is -1.11. The molecule has 0 radical (unpaired) electrons. The van der Waals surface area contributed by atoms with Gasteiger partial charge in [0.1, 0.15) is 4.21 Å². The topological polar surface area (TPSA) is 34.1 Å². The van der Waals surface area contributed by atoms with Crippen molar-refractivity contribution in [3.8, 4) is 0 Å². The van der Waals surface area contributed by atoms with Gasteiger partial charge in [-0.2, -0.15) is 0 Å². The summed E-state index contributed by atoms with van der Waals surface area (Å²) in [5.74, 6) is 2.34. The molecule has 0 amide bonds. The summed E-state index contributed by atoms with van der Waals surface area (Å²) in [4.78, 5) is 11.9. The summed E-state index contributed by atoms with van der Waals surface area (Å²) in [6.07, 6.45) is 12.0. The lowest BCUT2D eigenvalue weighted by Gasteiger charge is -2.57. The van der Waals surface area contributed by atoms with Crippen molar-refractivity contribution in [2.24, 2.45) is 28.6 Å².